The minimum Gasteiger partial charge on any atom is -0.312 e. The average molecular weight is 411 g/mol. The van der Waals surface area contributed by atoms with Gasteiger partial charge in [-0.25, -0.2) is 9.69 Å². The first kappa shape index (κ1) is 20.3. The number of carbonyl (C=O) groups excluding carboxylic acids is 5. The van der Waals surface area contributed by atoms with E-state index >= 15 is 0 Å². The zero-order valence-corrected chi connectivity index (χ0v) is 17.0. The fraction of sp³-hybridized carbons (Fsp3) is 0.500. The molecule has 0 bridgehead atoms. The normalized spacial score (nSPS) is 24.9. The summed E-state index contributed by atoms with van der Waals surface area (Å²) in [5.41, 5.74) is 1.04. The number of anilines is 1. The molecule has 1 aliphatic carbocycles. The van der Waals surface area contributed by atoms with E-state index in [4.69, 9.17) is 0 Å². The zero-order valence-electron chi connectivity index (χ0n) is 17.0. The summed E-state index contributed by atoms with van der Waals surface area (Å²) in [5, 5.41) is 0. The number of rotatable bonds is 5. The first-order valence-corrected chi connectivity index (χ1v) is 10.5. The molecule has 0 spiro atoms. The van der Waals surface area contributed by atoms with Gasteiger partial charge >= 0.3 is 17.8 Å². The van der Waals surface area contributed by atoms with Crippen LogP contribution in [0.4, 0.5) is 10.5 Å². The molecule has 1 saturated carbocycles. The molecule has 3 fully saturated rings. The molecule has 0 radical (unpaired) electrons. The van der Waals surface area contributed by atoms with Crippen LogP contribution in [0.3, 0.4) is 0 Å². The van der Waals surface area contributed by atoms with Crippen molar-refractivity contribution in [2.75, 3.05) is 18.0 Å². The number of urea groups is 1. The summed E-state index contributed by atoms with van der Waals surface area (Å²) >= 11 is 0. The van der Waals surface area contributed by atoms with Crippen molar-refractivity contribution in [3.05, 3.63) is 29.8 Å². The second-order valence-corrected chi connectivity index (χ2v) is 8.30. The smallest absolute Gasteiger partial charge is 0.312 e. The van der Waals surface area contributed by atoms with E-state index in [1.165, 1.54) is 0 Å². The Balaban J connectivity index is 1.46. The van der Waals surface area contributed by atoms with Crippen molar-refractivity contribution < 1.29 is 24.0 Å². The van der Waals surface area contributed by atoms with Gasteiger partial charge in [0, 0.05) is 30.3 Å². The molecular weight excluding hydrogens is 386 g/mol. The van der Waals surface area contributed by atoms with E-state index in [0.29, 0.717) is 24.9 Å². The maximum atomic E-state index is 12.8. The molecule has 0 N–H and O–H groups in total. The van der Waals surface area contributed by atoms with Crippen LogP contribution in [0.15, 0.2) is 24.3 Å². The van der Waals surface area contributed by atoms with Gasteiger partial charge in [0.1, 0.15) is 0 Å². The lowest BCUT2D eigenvalue weighted by Crippen LogP contribution is -2.46. The molecule has 2 heterocycles. The third-order valence-corrected chi connectivity index (χ3v) is 6.36. The Morgan fingerprint density at radius 3 is 2.30 bits per heavy atom. The summed E-state index contributed by atoms with van der Waals surface area (Å²) < 4.78 is 0. The standard InChI is InChI=1S/C22H25N3O5/c1-14-5-2-3-6-17(14)25-21(29)20(28)24(22(25)30)13-18(26)15-8-10-16(11-9-15)23-12-4-7-19(23)27/h8-11,14,17H,2-7,12-13H2,1H3/t14-,17+/m1/s1. The van der Waals surface area contributed by atoms with Crippen LogP contribution >= 0.6 is 0 Å². The number of hydrogen-bond donors (Lipinski definition) is 0. The molecule has 0 unspecified atom stereocenters. The van der Waals surface area contributed by atoms with Crippen LogP contribution in [0.2, 0.25) is 0 Å². The minimum absolute atomic E-state index is 0.0536. The molecule has 8 nitrogen and oxygen atoms in total. The van der Waals surface area contributed by atoms with E-state index in [2.05, 4.69) is 0 Å². The van der Waals surface area contributed by atoms with Gasteiger partial charge in [0.15, 0.2) is 5.78 Å². The highest BCUT2D eigenvalue weighted by Crippen LogP contribution is 2.31. The van der Waals surface area contributed by atoms with Gasteiger partial charge in [-0.1, -0.05) is 19.8 Å². The van der Waals surface area contributed by atoms with Gasteiger partial charge in [-0.2, -0.15) is 0 Å². The molecule has 3 aliphatic rings. The molecule has 158 valence electrons. The van der Waals surface area contributed by atoms with Gasteiger partial charge in [-0.15, -0.1) is 0 Å². The Morgan fingerprint density at radius 2 is 1.67 bits per heavy atom. The number of benzene rings is 1. The van der Waals surface area contributed by atoms with Crippen LogP contribution in [0.25, 0.3) is 0 Å². The van der Waals surface area contributed by atoms with Crippen LogP contribution in [0.1, 0.15) is 55.8 Å². The van der Waals surface area contributed by atoms with Crippen molar-refractivity contribution in [3.63, 3.8) is 0 Å². The number of amides is 5. The molecule has 2 saturated heterocycles. The fourth-order valence-corrected chi connectivity index (χ4v) is 4.62. The van der Waals surface area contributed by atoms with Crippen LogP contribution in [0, 0.1) is 5.92 Å². The summed E-state index contributed by atoms with van der Waals surface area (Å²) in [5.74, 6) is -2.02. The first-order chi connectivity index (χ1) is 14.4. The van der Waals surface area contributed by atoms with Crippen molar-refractivity contribution in [2.24, 2.45) is 5.92 Å². The molecule has 1 aromatic rings. The van der Waals surface area contributed by atoms with Crippen molar-refractivity contribution in [2.45, 2.75) is 51.5 Å². The van der Waals surface area contributed by atoms with Crippen LogP contribution < -0.4 is 4.90 Å². The Kier molecular flexibility index (Phi) is 5.40. The Hall–Kier alpha value is -3.03. The Morgan fingerprint density at radius 1 is 0.967 bits per heavy atom. The number of imide groups is 2. The minimum atomic E-state index is -0.939. The lowest BCUT2D eigenvalue weighted by Gasteiger charge is -2.34. The highest BCUT2D eigenvalue weighted by atomic mass is 16.2. The number of ketones is 1. The average Bonchev–Trinajstić information content (AvgIpc) is 3.26. The quantitative estimate of drug-likeness (QED) is 0.421. The molecular formula is C22H25N3O5. The van der Waals surface area contributed by atoms with E-state index in [9.17, 15) is 24.0 Å². The van der Waals surface area contributed by atoms with Crippen molar-refractivity contribution in [3.8, 4) is 0 Å². The third kappa shape index (κ3) is 3.51. The summed E-state index contributed by atoms with van der Waals surface area (Å²) in [4.78, 5) is 65.7. The second-order valence-electron chi connectivity index (χ2n) is 8.30. The molecule has 2 atom stereocenters. The molecule has 1 aromatic carbocycles. The van der Waals surface area contributed by atoms with Gasteiger partial charge < -0.3 is 4.90 Å². The second kappa shape index (κ2) is 8.01. The molecule has 30 heavy (non-hydrogen) atoms. The Bertz CT molecular complexity index is 910. The number of Topliss-reactive ketones (excluding diaryl/α,β-unsaturated/α-hetero) is 1. The largest absolute Gasteiger partial charge is 0.334 e. The van der Waals surface area contributed by atoms with Crippen molar-refractivity contribution >= 4 is 35.2 Å². The maximum Gasteiger partial charge on any atom is 0.334 e. The molecule has 2 aliphatic heterocycles. The highest BCUT2D eigenvalue weighted by Gasteiger charge is 2.49. The third-order valence-electron chi connectivity index (χ3n) is 6.36. The van der Waals surface area contributed by atoms with Gasteiger partial charge in [0.2, 0.25) is 5.91 Å². The lowest BCUT2D eigenvalue weighted by molar-refractivity contribution is -0.144. The summed E-state index contributed by atoms with van der Waals surface area (Å²) in [6.45, 7) is 2.17. The number of hydrogen-bond acceptors (Lipinski definition) is 5. The first-order valence-electron chi connectivity index (χ1n) is 10.5. The maximum absolute atomic E-state index is 12.8. The summed E-state index contributed by atoms with van der Waals surface area (Å²) in [6, 6.07) is 5.54. The van der Waals surface area contributed by atoms with Gasteiger partial charge in [0.05, 0.1) is 6.54 Å². The highest BCUT2D eigenvalue weighted by molar-refractivity contribution is 6.45. The lowest BCUT2D eigenvalue weighted by atomic mass is 9.85. The summed E-state index contributed by atoms with van der Waals surface area (Å²) in [7, 11) is 0. The topological polar surface area (TPSA) is 95.1 Å². The fourth-order valence-electron chi connectivity index (χ4n) is 4.62. The zero-order chi connectivity index (χ0) is 21.4. The molecule has 8 heteroatoms. The van der Waals surface area contributed by atoms with Gasteiger partial charge in [0.25, 0.3) is 0 Å². The van der Waals surface area contributed by atoms with E-state index < -0.39 is 30.2 Å². The molecule has 5 amide bonds. The predicted molar refractivity (Wildman–Crippen MR) is 108 cm³/mol. The number of carbonyl (C=O) groups is 5. The number of nitrogens with zero attached hydrogens (tertiary/aromatic N) is 3. The van der Waals surface area contributed by atoms with E-state index in [-0.39, 0.29) is 17.9 Å². The molecule has 4 rings (SSSR count). The van der Waals surface area contributed by atoms with E-state index in [1.807, 2.05) is 6.92 Å². The van der Waals surface area contributed by atoms with Crippen molar-refractivity contribution in [1.29, 1.82) is 0 Å². The van der Waals surface area contributed by atoms with E-state index in [1.54, 1.807) is 29.2 Å². The molecule has 0 aromatic heterocycles. The van der Waals surface area contributed by atoms with Gasteiger partial charge in [-0.05, 0) is 49.4 Å². The van der Waals surface area contributed by atoms with Crippen LogP contribution in [0.5, 0.6) is 0 Å². The SMILES string of the molecule is C[C@@H]1CCCC[C@@H]1N1C(=O)C(=O)N(CC(=O)c2ccc(N3CCCC3=O)cc2)C1=O. The van der Waals surface area contributed by atoms with Crippen LogP contribution in [-0.4, -0.2) is 58.5 Å². The van der Waals surface area contributed by atoms with E-state index in [0.717, 1.165) is 41.2 Å². The predicted octanol–water partition coefficient (Wildman–Crippen LogP) is 2.37. The Labute approximate surface area is 174 Å². The summed E-state index contributed by atoms with van der Waals surface area (Å²) in [6.07, 6.45) is 4.87. The van der Waals surface area contributed by atoms with Crippen molar-refractivity contribution in [1.82, 2.24) is 9.80 Å². The van der Waals surface area contributed by atoms with Crippen LogP contribution in [-0.2, 0) is 14.4 Å². The van der Waals surface area contributed by atoms with Gasteiger partial charge in [-0.3, -0.25) is 24.1 Å². The monoisotopic (exact) mass is 411 g/mol.